The molecule has 1 fully saturated rings. The zero-order valence-corrected chi connectivity index (χ0v) is 21.2. The van der Waals surface area contributed by atoms with Crippen molar-refractivity contribution in [1.29, 1.82) is 0 Å². The molecule has 2 aromatic rings. The lowest BCUT2D eigenvalue weighted by atomic mass is 9.62. The van der Waals surface area contributed by atoms with Gasteiger partial charge in [-0.2, -0.15) is 0 Å². The number of aryl methyl sites for hydroxylation is 1. The number of fused-ring (bicyclic) bond motifs is 1. The largest absolute Gasteiger partial charge is 0.573 e. The van der Waals surface area contributed by atoms with Gasteiger partial charge in [-0.1, -0.05) is 46.8 Å². The Morgan fingerprint density at radius 1 is 1.00 bits per heavy atom. The number of alkyl halides is 3. The van der Waals surface area contributed by atoms with E-state index in [0.717, 1.165) is 35.7 Å². The van der Waals surface area contributed by atoms with E-state index in [0.29, 0.717) is 23.1 Å². The van der Waals surface area contributed by atoms with Crippen LogP contribution in [0.15, 0.2) is 35.2 Å². The molecule has 1 saturated heterocycles. The first kappa shape index (κ1) is 25.4. The first-order valence-corrected chi connectivity index (χ1v) is 12.3. The summed E-state index contributed by atoms with van der Waals surface area (Å²) in [5, 5.41) is 1.71. The molecule has 0 spiro atoms. The lowest BCUT2D eigenvalue weighted by molar-refractivity contribution is -0.274. The fourth-order valence-corrected chi connectivity index (χ4v) is 5.52. The fraction of sp³-hybridized carbons (Fsp3) is 0.407. The Labute approximate surface area is 207 Å². The van der Waals surface area contributed by atoms with Crippen LogP contribution in [0.5, 0.6) is 5.75 Å². The van der Waals surface area contributed by atoms with Crippen molar-refractivity contribution >= 4 is 29.0 Å². The highest BCUT2D eigenvalue weighted by Gasteiger charge is 2.38. The highest BCUT2D eigenvalue weighted by atomic mass is 32.2. The van der Waals surface area contributed by atoms with Crippen LogP contribution in [-0.2, 0) is 22.0 Å². The Kier molecular flexibility index (Phi) is 6.32. The summed E-state index contributed by atoms with van der Waals surface area (Å²) in [5.74, 6) is -0.828. The molecule has 1 aliphatic carbocycles. The molecule has 1 N–H and O–H groups in total. The van der Waals surface area contributed by atoms with Gasteiger partial charge < -0.3 is 4.74 Å². The van der Waals surface area contributed by atoms with E-state index in [-0.39, 0.29) is 21.5 Å². The minimum absolute atomic E-state index is 0.0372. The Bertz CT molecular complexity index is 1240. The molecule has 1 aliphatic heterocycles. The first-order valence-electron chi connectivity index (χ1n) is 11.5. The van der Waals surface area contributed by atoms with Crippen LogP contribution in [0, 0.1) is 0 Å². The molecule has 2 aromatic carbocycles. The third-order valence-electron chi connectivity index (χ3n) is 6.92. The van der Waals surface area contributed by atoms with Gasteiger partial charge in [0.15, 0.2) is 0 Å². The van der Waals surface area contributed by atoms with Gasteiger partial charge in [-0.3, -0.25) is 14.9 Å². The van der Waals surface area contributed by atoms with Crippen molar-refractivity contribution < 1.29 is 27.5 Å². The van der Waals surface area contributed by atoms with Gasteiger partial charge in [0.25, 0.3) is 11.1 Å². The highest BCUT2D eigenvalue weighted by molar-refractivity contribution is 8.18. The summed E-state index contributed by atoms with van der Waals surface area (Å²) in [5.41, 5.74) is 4.58. The molecule has 0 saturated carbocycles. The Morgan fingerprint density at radius 2 is 1.63 bits per heavy atom. The molecule has 8 heteroatoms. The Balaban J connectivity index is 1.94. The second-order valence-corrected chi connectivity index (χ2v) is 11.3. The number of amides is 2. The van der Waals surface area contributed by atoms with E-state index in [1.54, 1.807) is 6.07 Å². The van der Waals surface area contributed by atoms with Crippen LogP contribution in [-0.4, -0.2) is 17.5 Å². The van der Waals surface area contributed by atoms with Crippen LogP contribution in [0.4, 0.5) is 18.0 Å². The molecule has 186 valence electrons. The third kappa shape index (κ3) is 5.13. The van der Waals surface area contributed by atoms with Gasteiger partial charge in [0, 0.05) is 5.56 Å². The maximum atomic E-state index is 13.3. The zero-order chi connectivity index (χ0) is 25.8. The van der Waals surface area contributed by atoms with Gasteiger partial charge in [0.2, 0.25) is 0 Å². The number of hydrogen-bond donors (Lipinski definition) is 1. The van der Waals surface area contributed by atoms with Crippen molar-refractivity contribution in [1.82, 2.24) is 5.32 Å². The highest BCUT2D eigenvalue weighted by Crippen LogP contribution is 2.49. The molecule has 0 unspecified atom stereocenters. The number of nitrogens with one attached hydrogen (secondary N) is 1. The van der Waals surface area contributed by atoms with E-state index in [4.69, 9.17) is 0 Å². The number of halogens is 3. The van der Waals surface area contributed by atoms with Crippen LogP contribution < -0.4 is 10.1 Å². The number of rotatable bonds is 4. The van der Waals surface area contributed by atoms with Gasteiger partial charge in [0.05, 0.1) is 4.91 Å². The maximum Gasteiger partial charge on any atom is 0.573 e. The summed E-state index contributed by atoms with van der Waals surface area (Å²) >= 11 is 0.760. The molecule has 0 atom stereocenters. The van der Waals surface area contributed by atoms with Crippen molar-refractivity contribution in [3.05, 3.63) is 57.5 Å². The van der Waals surface area contributed by atoms with Crippen LogP contribution in [0.2, 0.25) is 0 Å². The van der Waals surface area contributed by atoms with Gasteiger partial charge in [-0.05, 0) is 93.9 Å². The number of carbonyl (C=O) groups excluding carboxylic acids is 2. The number of imide groups is 1. The molecule has 2 amide bonds. The van der Waals surface area contributed by atoms with E-state index in [1.165, 1.54) is 23.8 Å². The molecule has 2 aliphatic rings. The van der Waals surface area contributed by atoms with Crippen molar-refractivity contribution in [3.8, 4) is 16.9 Å². The van der Waals surface area contributed by atoms with Crippen LogP contribution >= 0.6 is 11.8 Å². The van der Waals surface area contributed by atoms with E-state index in [1.807, 2.05) is 13.0 Å². The quantitative estimate of drug-likeness (QED) is 0.439. The Morgan fingerprint density at radius 3 is 2.17 bits per heavy atom. The van der Waals surface area contributed by atoms with Gasteiger partial charge in [0.1, 0.15) is 5.75 Å². The van der Waals surface area contributed by atoms with Gasteiger partial charge in [-0.15, -0.1) is 13.2 Å². The van der Waals surface area contributed by atoms with Crippen molar-refractivity contribution in [3.63, 3.8) is 0 Å². The summed E-state index contributed by atoms with van der Waals surface area (Å²) < 4.78 is 44.4. The maximum absolute atomic E-state index is 13.3. The van der Waals surface area contributed by atoms with E-state index >= 15 is 0 Å². The second-order valence-electron chi connectivity index (χ2n) is 10.3. The molecule has 1 heterocycles. The molecular formula is C27H28F3NO3S. The van der Waals surface area contributed by atoms with E-state index in [9.17, 15) is 22.8 Å². The predicted molar refractivity (Wildman–Crippen MR) is 132 cm³/mol. The summed E-state index contributed by atoms with van der Waals surface area (Å²) in [4.78, 5) is 23.7. The van der Waals surface area contributed by atoms with Crippen molar-refractivity contribution in [2.75, 3.05) is 0 Å². The SMILES string of the molecule is CCc1cc2c(cc1-c1cc(/C=C3/SC(=O)NC3=O)ccc1OC(F)(F)F)C(C)(C)CCC2(C)C. The molecule has 0 bridgehead atoms. The monoisotopic (exact) mass is 503 g/mol. The predicted octanol–water partition coefficient (Wildman–Crippen LogP) is 7.49. The molecule has 4 rings (SSSR count). The molecule has 4 nitrogen and oxygen atoms in total. The second kappa shape index (κ2) is 8.73. The van der Waals surface area contributed by atoms with Crippen molar-refractivity contribution in [2.45, 2.75) is 71.1 Å². The Hall–Kier alpha value is -2.74. The lowest BCUT2D eigenvalue weighted by Gasteiger charge is -2.42. The normalized spacial score (nSPS) is 20.1. The van der Waals surface area contributed by atoms with E-state index in [2.05, 4.69) is 43.8 Å². The lowest BCUT2D eigenvalue weighted by Crippen LogP contribution is -2.34. The summed E-state index contributed by atoms with van der Waals surface area (Å²) in [6.07, 6.45) is -0.731. The van der Waals surface area contributed by atoms with Gasteiger partial charge >= 0.3 is 6.36 Å². The molecule has 0 aromatic heterocycles. The van der Waals surface area contributed by atoms with Gasteiger partial charge in [-0.25, -0.2) is 0 Å². The standard InChI is InChI=1S/C27H28F3NO3S/c1-6-16-13-19-20(26(4,5)10-9-25(19,2)3)14-17(16)18-11-15(7-8-21(18)34-27(28,29)30)12-22-23(32)31-24(33)35-22/h7-8,11-14H,6,9-10H2,1-5H3,(H,31,32,33)/b22-12+. The number of thioether (sulfide) groups is 1. The van der Waals surface area contributed by atoms with Crippen molar-refractivity contribution in [2.24, 2.45) is 0 Å². The molecular weight excluding hydrogens is 475 g/mol. The average molecular weight is 504 g/mol. The number of benzene rings is 2. The summed E-state index contributed by atoms with van der Waals surface area (Å²) in [6, 6.07) is 8.46. The van der Waals surface area contributed by atoms with E-state index < -0.39 is 17.5 Å². The number of ether oxygens (including phenoxy) is 1. The smallest absolute Gasteiger partial charge is 0.405 e. The summed E-state index contributed by atoms with van der Waals surface area (Å²) in [6.45, 7) is 10.7. The van der Waals surface area contributed by atoms with Crippen LogP contribution in [0.1, 0.15) is 69.7 Å². The zero-order valence-electron chi connectivity index (χ0n) is 20.4. The topological polar surface area (TPSA) is 55.4 Å². The van der Waals surface area contributed by atoms with Crippen LogP contribution in [0.3, 0.4) is 0 Å². The minimum Gasteiger partial charge on any atom is -0.405 e. The number of carbonyl (C=O) groups is 2. The summed E-state index contributed by atoms with van der Waals surface area (Å²) in [7, 11) is 0. The fourth-order valence-electron chi connectivity index (χ4n) is 4.84. The number of hydrogen-bond acceptors (Lipinski definition) is 4. The molecule has 0 radical (unpaired) electrons. The minimum atomic E-state index is -4.86. The third-order valence-corrected chi connectivity index (χ3v) is 7.73. The first-order chi connectivity index (χ1) is 16.2. The molecule has 35 heavy (non-hydrogen) atoms. The van der Waals surface area contributed by atoms with Crippen LogP contribution in [0.25, 0.3) is 17.2 Å². The average Bonchev–Trinajstić information content (AvgIpc) is 3.07.